The lowest BCUT2D eigenvalue weighted by atomic mass is 9.98. The SMILES string of the molecule is Cc1cccc(C)c1NC(=O)C1CN(c2cc(-n3cncn3)ncn2)C1. The zero-order valence-corrected chi connectivity index (χ0v) is 14.6. The number of amides is 1. The van der Waals surface area contributed by atoms with Gasteiger partial charge >= 0.3 is 0 Å². The molecule has 1 aliphatic rings. The summed E-state index contributed by atoms with van der Waals surface area (Å²) in [7, 11) is 0. The first-order valence-corrected chi connectivity index (χ1v) is 8.41. The van der Waals surface area contributed by atoms with Crippen LogP contribution in [-0.2, 0) is 4.79 Å². The molecule has 0 unspecified atom stereocenters. The summed E-state index contributed by atoms with van der Waals surface area (Å²) in [5, 5.41) is 7.14. The van der Waals surface area contributed by atoms with E-state index in [0.717, 1.165) is 22.6 Å². The van der Waals surface area contributed by atoms with Gasteiger partial charge in [-0.2, -0.15) is 5.10 Å². The lowest BCUT2D eigenvalue weighted by Gasteiger charge is -2.39. The molecule has 1 aliphatic heterocycles. The van der Waals surface area contributed by atoms with Crippen molar-refractivity contribution in [1.29, 1.82) is 0 Å². The molecule has 0 bridgehead atoms. The highest BCUT2D eigenvalue weighted by molar-refractivity contribution is 5.95. The van der Waals surface area contributed by atoms with E-state index in [1.54, 1.807) is 11.0 Å². The normalized spacial score (nSPS) is 14.2. The second-order valence-corrected chi connectivity index (χ2v) is 6.43. The number of anilines is 2. The summed E-state index contributed by atoms with van der Waals surface area (Å²) in [4.78, 5) is 27.0. The summed E-state index contributed by atoms with van der Waals surface area (Å²) >= 11 is 0. The minimum atomic E-state index is -0.0567. The molecular formula is C18H19N7O. The van der Waals surface area contributed by atoms with Gasteiger partial charge in [-0.3, -0.25) is 4.79 Å². The molecule has 4 rings (SSSR count). The van der Waals surface area contributed by atoms with Crippen LogP contribution in [-0.4, -0.2) is 43.7 Å². The molecule has 1 amide bonds. The Balaban J connectivity index is 1.41. The van der Waals surface area contributed by atoms with Gasteiger partial charge in [-0.1, -0.05) is 18.2 Å². The van der Waals surface area contributed by atoms with Gasteiger partial charge < -0.3 is 10.2 Å². The molecule has 1 saturated heterocycles. The number of aryl methyl sites for hydroxylation is 2. The van der Waals surface area contributed by atoms with Crippen LogP contribution in [0.3, 0.4) is 0 Å². The second-order valence-electron chi connectivity index (χ2n) is 6.43. The standard InChI is InChI=1S/C18H19N7O/c1-12-4-3-5-13(2)17(12)23-18(26)14-7-24(8-14)15-6-16(21-10-20-15)25-11-19-9-22-25/h3-6,9-11,14H,7-8H2,1-2H3,(H,23,26). The van der Waals surface area contributed by atoms with Crippen LogP contribution >= 0.6 is 0 Å². The third-order valence-corrected chi connectivity index (χ3v) is 4.60. The number of carbonyl (C=O) groups is 1. The maximum atomic E-state index is 12.5. The van der Waals surface area contributed by atoms with E-state index in [-0.39, 0.29) is 11.8 Å². The number of nitrogens with one attached hydrogen (secondary N) is 1. The molecule has 3 aromatic rings. The largest absolute Gasteiger partial charge is 0.355 e. The van der Waals surface area contributed by atoms with Crippen molar-refractivity contribution >= 4 is 17.4 Å². The number of rotatable bonds is 4. The number of hydrogen-bond donors (Lipinski definition) is 1. The van der Waals surface area contributed by atoms with Gasteiger partial charge in [0.25, 0.3) is 0 Å². The Hall–Kier alpha value is -3.29. The Morgan fingerprint density at radius 2 is 1.85 bits per heavy atom. The molecule has 132 valence electrons. The van der Waals surface area contributed by atoms with Gasteiger partial charge in [0.2, 0.25) is 5.91 Å². The average molecular weight is 349 g/mol. The van der Waals surface area contributed by atoms with Gasteiger partial charge in [-0.05, 0) is 25.0 Å². The van der Waals surface area contributed by atoms with E-state index in [9.17, 15) is 4.79 Å². The van der Waals surface area contributed by atoms with Crippen molar-refractivity contribution in [3.8, 4) is 5.82 Å². The summed E-state index contributed by atoms with van der Waals surface area (Å²) in [6, 6.07) is 7.84. The van der Waals surface area contributed by atoms with E-state index in [1.165, 1.54) is 12.7 Å². The quantitative estimate of drug-likeness (QED) is 0.772. The smallest absolute Gasteiger partial charge is 0.231 e. The van der Waals surface area contributed by atoms with Crippen molar-refractivity contribution in [3.05, 3.63) is 54.4 Å². The topological polar surface area (TPSA) is 88.8 Å². The fourth-order valence-corrected chi connectivity index (χ4v) is 3.03. The molecular weight excluding hydrogens is 330 g/mol. The number of hydrogen-bond acceptors (Lipinski definition) is 6. The first-order chi connectivity index (χ1) is 12.6. The molecule has 3 heterocycles. The third kappa shape index (κ3) is 3.01. The molecule has 8 nitrogen and oxygen atoms in total. The van der Waals surface area contributed by atoms with Crippen LogP contribution in [0.15, 0.2) is 43.2 Å². The average Bonchev–Trinajstić information content (AvgIpc) is 3.12. The third-order valence-electron chi connectivity index (χ3n) is 4.60. The van der Waals surface area contributed by atoms with Crippen molar-refractivity contribution < 1.29 is 4.79 Å². The Morgan fingerprint density at radius 3 is 2.54 bits per heavy atom. The molecule has 1 fully saturated rings. The molecule has 0 aliphatic carbocycles. The van der Waals surface area contributed by atoms with Crippen LogP contribution in [0.4, 0.5) is 11.5 Å². The number of aromatic nitrogens is 5. The Bertz CT molecular complexity index is 912. The molecule has 1 aromatic carbocycles. The van der Waals surface area contributed by atoms with Crippen LogP contribution in [0, 0.1) is 19.8 Å². The summed E-state index contributed by atoms with van der Waals surface area (Å²) in [6.07, 6.45) is 4.54. The zero-order chi connectivity index (χ0) is 18.1. The highest BCUT2D eigenvalue weighted by Gasteiger charge is 2.34. The molecule has 0 spiro atoms. The molecule has 1 N–H and O–H groups in total. The van der Waals surface area contributed by atoms with E-state index in [2.05, 4.69) is 30.3 Å². The van der Waals surface area contributed by atoms with Crippen molar-refractivity contribution in [2.45, 2.75) is 13.8 Å². The van der Waals surface area contributed by atoms with E-state index in [0.29, 0.717) is 18.9 Å². The van der Waals surface area contributed by atoms with Crippen LogP contribution in [0.25, 0.3) is 5.82 Å². The molecule has 0 radical (unpaired) electrons. The van der Waals surface area contributed by atoms with E-state index in [1.807, 2.05) is 38.1 Å². The number of benzene rings is 1. The number of carbonyl (C=O) groups excluding carboxylic acids is 1. The van der Waals surface area contributed by atoms with Crippen molar-refractivity contribution in [1.82, 2.24) is 24.7 Å². The van der Waals surface area contributed by atoms with Gasteiger partial charge in [0.15, 0.2) is 5.82 Å². The summed E-state index contributed by atoms with van der Waals surface area (Å²) in [5.74, 6) is 1.42. The first kappa shape index (κ1) is 16.2. The summed E-state index contributed by atoms with van der Waals surface area (Å²) in [5.41, 5.74) is 3.05. The van der Waals surface area contributed by atoms with Gasteiger partial charge in [0, 0.05) is 24.8 Å². The van der Waals surface area contributed by atoms with Crippen LogP contribution in [0.1, 0.15) is 11.1 Å². The molecule has 2 aromatic heterocycles. The Labute approximate surface area is 150 Å². The first-order valence-electron chi connectivity index (χ1n) is 8.41. The second kappa shape index (κ2) is 6.55. The van der Waals surface area contributed by atoms with Crippen LogP contribution < -0.4 is 10.2 Å². The Kier molecular flexibility index (Phi) is 4.08. The van der Waals surface area contributed by atoms with E-state index < -0.39 is 0 Å². The predicted molar refractivity (Wildman–Crippen MR) is 97.2 cm³/mol. The lowest BCUT2D eigenvalue weighted by molar-refractivity contribution is -0.120. The van der Waals surface area contributed by atoms with Gasteiger partial charge in [-0.15, -0.1) is 0 Å². The van der Waals surface area contributed by atoms with Gasteiger partial charge in [-0.25, -0.2) is 19.6 Å². The van der Waals surface area contributed by atoms with Gasteiger partial charge in [0.1, 0.15) is 24.8 Å². The minimum Gasteiger partial charge on any atom is -0.355 e. The maximum absolute atomic E-state index is 12.5. The summed E-state index contributed by atoms with van der Waals surface area (Å²) in [6.45, 7) is 5.26. The fraction of sp³-hybridized carbons (Fsp3) is 0.278. The molecule has 8 heteroatoms. The molecule has 0 saturated carbocycles. The predicted octanol–water partition coefficient (Wildman–Crippen LogP) is 1.75. The maximum Gasteiger partial charge on any atom is 0.231 e. The van der Waals surface area contributed by atoms with E-state index in [4.69, 9.17) is 0 Å². The van der Waals surface area contributed by atoms with Crippen molar-refractivity contribution in [2.24, 2.45) is 5.92 Å². The Morgan fingerprint density at radius 1 is 1.12 bits per heavy atom. The number of nitrogens with zero attached hydrogens (tertiary/aromatic N) is 6. The van der Waals surface area contributed by atoms with Crippen LogP contribution in [0.5, 0.6) is 0 Å². The molecule has 26 heavy (non-hydrogen) atoms. The number of para-hydroxylation sites is 1. The zero-order valence-electron chi connectivity index (χ0n) is 14.6. The van der Waals surface area contributed by atoms with Crippen LogP contribution in [0.2, 0.25) is 0 Å². The summed E-state index contributed by atoms with van der Waals surface area (Å²) < 4.78 is 1.58. The highest BCUT2D eigenvalue weighted by Crippen LogP contribution is 2.26. The van der Waals surface area contributed by atoms with Crippen molar-refractivity contribution in [3.63, 3.8) is 0 Å². The van der Waals surface area contributed by atoms with E-state index >= 15 is 0 Å². The minimum absolute atomic E-state index is 0.0456. The molecule has 0 atom stereocenters. The van der Waals surface area contributed by atoms with Gasteiger partial charge in [0.05, 0.1) is 5.92 Å². The lowest BCUT2D eigenvalue weighted by Crippen LogP contribution is -2.52. The van der Waals surface area contributed by atoms with Crippen molar-refractivity contribution in [2.75, 3.05) is 23.3 Å². The highest BCUT2D eigenvalue weighted by atomic mass is 16.2. The monoisotopic (exact) mass is 349 g/mol. The fourth-order valence-electron chi connectivity index (χ4n) is 3.03.